The van der Waals surface area contributed by atoms with Gasteiger partial charge in [0.15, 0.2) is 0 Å². The summed E-state index contributed by atoms with van der Waals surface area (Å²) in [6.45, 7) is 23.6. The van der Waals surface area contributed by atoms with Crippen LogP contribution in [0.3, 0.4) is 0 Å². The molecule has 0 spiro atoms. The van der Waals surface area contributed by atoms with Gasteiger partial charge in [-0.25, -0.2) is 0 Å². The monoisotopic (exact) mass is 737 g/mol. The fourth-order valence-electron chi connectivity index (χ4n) is 6.91. The van der Waals surface area contributed by atoms with Gasteiger partial charge >= 0.3 is 11.9 Å². The van der Waals surface area contributed by atoms with E-state index in [4.69, 9.17) is 9.47 Å². The van der Waals surface area contributed by atoms with Crippen LogP contribution in [0.15, 0.2) is 0 Å². The third-order valence-electron chi connectivity index (χ3n) is 10.8. The largest absolute Gasteiger partial charge is 0.465 e. The maximum absolute atomic E-state index is 12.9. The summed E-state index contributed by atoms with van der Waals surface area (Å²) in [6.07, 6.45) is 25.7. The topological polar surface area (TPSA) is 84.9 Å². The van der Waals surface area contributed by atoms with Crippen LogP contribution in [0.2, 0.25) is 0 Å². The first-order valence-electron chi connectivity index (χ1n) is 22.1. The Morgan fingerprint density at radius 2 is 1.00 bits per heavy atom. The fourth-order valence-corrected chi connectivity index (χ4v) is 6.91. The first-order valence-corrected chi connectivity index (χ1v) is 22.1. The lowest BCUT2D eigenvalue weighted by Gasteiger charge is -2.24. The molecule has 1 N–H and O–H groups in total. The van der Waals surface area contributed by atoms with Gasteiger partial charge in [0.05, 0.1) is 24.0 Å². The summed E-state index contributed by atoms with van der Waals surface area (Å²) < 4.78 is 11.4. The lowest BCUT2D eigenvalue weighted by Crippen LogP contribution is -2.35. The lowest BCUT2D eigenvalue weighted by molar-refractivity contribution is -0.155. The Bertz CT molecular complexity index is 877. The minimum absolute atomic E-state index is 0.0399. The molecule has 52 heavy (non-hydrogen) atoms. The molecule has 0 saturated heterocycles. The Labute approximate surface area is 323 Å². The normalized spacial score (nSPS) is 12.2. The zero-order chi connectivity index (χ0) is 39.1. The molecule has 7 heteroatoms. The Morgan fingerprint density at radius 1 is 0.558 bits per heavy atom. The molecular formula is C45H88N2O5. The predicted octanol–water partition coefficient (Wildman–Crippen LogP) is 11.8. The number of hydrogen-bond donors (Lipinski definition) is 1. The quantitative estimate of drug-likeness (QED) is 0.0509. The van der Waals surface area contributed by atoms with E-state index in [-0.39, 0.29) is 17.8 Å². The van der Waals surface area contributed by atoms with E-state index in [1.54, 1.807) is 0 Å². The highest BCUT2D eigenvalue weighted by Crippen LogP contribution is 2.28. The van der Waals surface area contributed by atoms with Gasteiger partial charge < -0.3 is 19.7 Å². The Hall–Kier alpha value is -1.63. The van der Waals surface area contributed by atoms with E-state index in [2.05, 4.69) is 37.9 Å². The van der Waals surface area contributed by atoms with E-state index in [1.807, 2.05) is 34.6 Å². The number of hydrogen-bond acceptors (Lipinski definition) is 6. The number of rotatable bonds is 36. The summed E-state index contributed by atoms with van der Waals surface area (Å²) in [5.74, 6) is 1.42. The number of ether oxygens (including phenoxy) is 2. The molecule has 0 rings (SSSR count). The number of esters is 2. The molecular weight excluding hydrogens is 649 g/mol. The van der Waals surface area contributed by atoms with E-state index in [1.165, 1.54) is 57.8 Å². The van der Waals surface area contributed by atoms with Crippen LogP contribution < -0.4 is 5.32 Å². The van der Waals surface area contributed by atoms with Crippen molar-refractivity contribution >= 4 is 17.8 Å². The van der Waals surface area contributed by atoms with Crippen molar-refractivity contribution in [3.63, 3.8) is 0 Å². The third kappa shape index (κ3) is 27.9. The van der Waals surface area contributed by atoms with E-state index in [0.29, 0.717) is 32.1 Å². The summed E-state index contributed by atoms with van der Waals surface area (Å²) in [4.78, 5) is 39.8. The molecule has 0 bridgehead atoms. The van der Waals surface area contributed by atoms with Crippen molar-refractivity contribution in [2.24, 2.45) is 22.7 Å². The van der Waals surface area contributed by atoms with Crippen LogP contribution in [0, 0.1) is 22.7 Å². The highest BCUT2D eigenvalue weighted by atomic mass is 16.5. The number of unbranched alkanes of at least 4 members (excludes halogenated alkanes) is 10. The molecule has 0 aromatic heterocycles. The average molecular weight is 737 g/mol. The van der Waals surface area contributed by atoms with Crippen LogP contribution in [0.5, 0.6) is 0 Å². The molecule has 1 amide bonds. The fraction of sp³-hybridized carbons (Fsp3) is 0.933. The first-order chi connectivity index (χ1) is 24.8. The standard InChI is InChI=1S/C45H88N2O5/c1-10-13-19-28-40(29-20-14-11-2)30-26-38-52-43(50)45(8,9)32-22-16-18-24-35-47(36-33-46-41(48)12-3)34-23-17-15-21-31-44(6,7)42(49)51-37-25-27-39(4)5/h39-40H,10-38H2,1-9H3,(H,46,48). The summed E-state index contributed by atoms with van der Waals surface area (Å²) in [6, 6.07) is 0. The molecule has 0 saturated carbocycles. The van der Waals surface area contributed by atoms with E-state index >= 15 is 0 Å². The molecule has 0 atom stereocenters. The Kier molecular flexibility index (Phi) is 30.7. The SMILES string of the molecule is CCCCCC(CCCCC)CCCOC(=O)C(C)(C)CCCCCCN(CCCCCCC(C)(C)C(=O)OCCCC(C)C)CCNC(=O)CC. The molecule has 0 radical (unpaired) electrons. The van der Waals surface area contributed by atoms with Gasteiger partial charge in [-0.1, -0.05) is 125 Å². The van der Waals surface area contributed by atoms with Gasteiger partial charge in [0.25, 0.3) is 0 Å². The van der Waals surface area contributed by atoms with Crippen molar-refractivity contribution in [3.8, 4) is 0 Å². The van der Waals surface area contributed by atoms with Crippen molar-refractivity contribution in [1.29, 1.82) is 0 Å². The van der Waals surface area contributed by atoms with Crippen LogP contribution in [-0.4, -0.2) is 62.1 Å². The van der Waals surface area contributed by atoms with Crippen LogP contribution in [0.4, 0.5) is 0 Å². The molecule has 7 nitrogen and oxygen atoms in total. The second kappa shape index (κ2) is 31.7. The smallest absolute Gasteiger partial charge is 0.311 e. The predicted molar refractivity (Wildman–Crippen MR) is 220 cm³/mol. The van der Waals surface area contributed by atoms with Gasteiger partial charge in [0.2, 0.25) is 5.91 Å². The first kappa shape index (κ1) is 50.4. The molecule has 0 fully saturated rings. The van der Waals surface area contributed by atoms with Crippen LogP contribution in [0.1, 0.15) is 210 Å². The van der Waals surface area contributed by atoms with Crippen LogP contribution >= 0.6 is 0 Å². The van der Waals surface area contributed by atoms with Crippen LogP contribution in [-0.2, 0) is 23.9 Å². The second-order valence-corrected chi connectivity index (χ2v) is 17.4. The van der Waals surface area contributed by atoms with Crippen molar-refractivity contribution < 1.29 is 23.9 Å². The molecule has 0 aromatic carbocycles. The number of nitrogens with one attached hydrogen (secondary N) is 1. The van der Waals surface area contributed by atoms with E-state index in [0.717, 1.165) is 109 Å². The minimum atomic E-state index is -0.436. The average Bonchev–Trinajstić information content (AvgIpc) is 3.10. The Morgan fingerprint density at radius 3 is 1.44 bits per heavy atom. The zero-order valence-electron chi connectivity index (χ0n) is 36.1. The van der Waals surface area contributed by atoms with Crippen molar-refractivity contribution in [2.45, 2.75) is 210 Å². The number of carbonyl (C=O) groups is 3. The number of carbonyl (C=O) groups excluding carboxylic acids is 3. The van der Waals surface area contributed by atoms with Gasteiger partial charge in [0.1, 0.15) is 0 Å². The zero-order valence-corrected chi connectivity index (χ0v) is 36.1. The second-order valence-electron chi connectivity index (χ2n) is 17.4. The number of nitrogens with zero attached hydrogens (tertiary/aromatic N) is 1. The van der Waals surface area contributed by atoms with Gasteiger partial charge in [-0.3, -0.25) is 14.4 Å². The van der Waals surface area contributed by atoms with Gasteiger partial charge in [-0.2, -0.15) is 0 Å². The highest BCUT2D eigenvalue weighted by Gasteiger charge is 2.29. The van der Waals surface area contributed by atoms with Crippen molar-refractivity contribution in [1.82, 2.24) is 10.2 Å². The van der Waals surface area contributed by atoms with Gasteiger partial charge in [0, 0.05) is 19.5 Å². The van der Waals surface area contributed by atoms with E-state index in [9.17, 15) is 14.4 Å². The molecule has 0 heterocycles. The maximum atomic E-state index is 12.9. The molecule has 308 valence electrons. The minimum Gasteiger partial charge on any atom is -0.465 e. The highest BCUT2D eigenvalue weighted by molar-refractivity contribution is 5.76. The molecule has 0 aliphatic carbocycles. The molecule has 0 aliphatic rings. The number of amides is 1. The van der Waals surface area contributed by atoms with Crippen molar-refractivity contribution in [3.05, 3.63) is 0 Å². The summed E-state index contributed by atoms with van der Waals surface area (Å²) in [5.41, 5.74) is -0.865. The summed E-state index contributed by atoms with van der Waals surface area (Å²) in [7, 11) is 0. The maximum Gasteiger partial charge on any atom is 0.311 e. The third-order valence-corrected chi connectivity index (χ3v) is 10.8. The van der Waals surface area contributed by atoms with Crippen molar-refractivity contribution in [2.75, 3.05) is 39.4 Å². The summed E-state index contributed by atoms with van der Waals surface area (Å²) in [5, 5.41) is 3.04. The van der Waals surface area contributed by atoms with Gasteiger partial charge in [-0.05, 0) is 104 Å². The lowest BCUT2D eigenvalue weighted by atomic mass is 9.87. The Balaban J connectivity index is 4.45. The molecule has 0 aliphatic heterocycles. The summed E-state index contributed by atoms with van der Waals surface area (Å²) >= 11 is 0. The van der Waals surface area contributed by atoms with Crippen LogP contribution in [0.25, 0.3) is 0 Å². The molecule has 0 unspecified atom stereocenters. The van der Waals surface area contributed by atoms with E-state index < -0.39 is 10.8 Å². The molecule has 0 aromatic rings. The van der Waals surface area contributed by atoms with Gasteiger partial charge in [-0.15, -0.1) is 0 Å².